The number of amides is 1. The van der Waals surface area contributed by atoms with E-state index in [1.807, 2.05) is 24.3 Å². The minimum atomic E-state index is -0.870. The van der Waals surface area contributed by atoms with Crippen LogP contribution in [-0.2, 0) is 16.1 Å². The molecule has 2 N–H and O–H groups in total. The van der Waals surface area contributed by atoms with Crippen LogP contribution in [0.3, 0.4) is 0 Å². The van der Waals surface area contributed by atoms with Gasteiger partial charge < -0.3 is 10.4 Å². The Bertz CT molecular complexity index is 555. The zero-order valence-corrected chi connectivity index (χ0v) is 10.9. The van der Waals surface area contributed by atoms with E-state index in [2.05, 4.69) is 10.3 Å². The molecule has 1 amide bonds. The molecule has 0 aliphatic heterocycles. The van der Waals surface area contributed by atoms with Gasteiger partial charge >= 0.3 is 5.97 Å². The molecule has 1 aromatic rings. The van der Waals surface area contributed by atoms with Crippen LogP contribution in [0.4, 0.5) is 0 Å². The highest BCUT2D eigenvalue weighted by Crippen LogP contribution is 2.48. The summed E-state index contributed by atoms with van der Waals surface area (Å²) in [6.07, 6.45) is 8.05. The molecule has 2 bridgehead atoms. The Balaban J connectivity index is 1.68. The molecule has 1 aromatic heterocycles. The number of aliphatic carboxylic acids is 1. The quantitative estimate of drug-likeness (QED) is 0.808. The lowest BCUT2D eigenvalue weighted by molar-refractivity contribution is -0.147. The fourth-order valence-corrected chi connectivity index (χ4v) is 3.32. The van der Waals surface area contributed by atoms with Crippen LogP contribution in [0.15, 0.2) is 36.7 Å². The first-order chi connectivity index (χ1) is 9.66. The van der Waals surface area contributed by atoms with E-state index in [1.54, 1.807) is 12.4 Å². The van der Waals surface area contributed by atoms with Crippen LogP contribution in [0, 0.1) is 23.7 Å². The number of nitrogens with zero attached hydrogens (tertiary/aromatic N) is 1. The molecule has 1 saturated carbocycles. The summed E-state index contributed by atoms with van der Waals surface area (Å²) in [6.45, 7) is 0.408. The first-order valence-electron chi connectivity index (χ1n) is 6.74. The molecule has 5 nitrogen and oxygen atoms in total. The molecule has 2 aliphatic rings. The molecule has 20 heavy (non-hydrogen) atoms. The van der Waals surface area contributed by atoms with E-state index in [4.69, 9.17) is 0 Å². The lowest BCUT2D eigenvalue weighted by Gasteiger charge is -2.23. The number of allylic oxidation sites excluding steroid dienone is 2. The number of carboxylic acid groups (broad SMARTS) is 1. The third kappa shape index (κ3) is 2.19. The van der Waals surface area contributed by atoms with Crippen molar-refractivity contribution in [2.24, 2.45) is 23.7 Å². The van der Waals surface area contributed by atoms with Gasteiger partial charge in [0.25, 0.3) is 0 Å². The Morgan fingerprint density at radius 2 is 1.85 bits per heavy atom. The van der Waals surface area contributed by atoms with Gasteiger partial charge in [0.15, 0.2) is 0 Å². The number of carbonyl (C=O) groups is 2. The second-order valence-corrected chi connectivity index (χ2v) is 5.41. The molecule has 4 atom stereocenters. The molecule has 1 heterocycles. The van der Waals surface area contributed by atoms with Crippen molar-refractivity contribution in [3.63, 3.8) is 0 Å². The summed E-state index contributed by atoms with van der Waals surface area (Å²) in [6, 6.07) is 3.66. The van der Waals surface area contributed by atoms with Crippen LogP contribution >= 0.6 is 0 Å². The number of rotatable bonds is 4. The summed E-state index contributed by atoms with van der Waals surface area (Å²) in [7, 11) is 0. The van der Waals surface area contributed by atoms with Gasteiger partial charge in [0.05, 0.1) is 11.8 Å². The van der Waals surface area contributed by atoms with E-state index >= 15 is 0 Å². The van der Waals surface area contributed by atoms with Gasteiger partial charge in [0.2, 0.25) is 5.91 Å². The van der Waals surface area contributed by atoms with Gasteiger partial charge in [-0.25, -0.2) is 0 Å². The van der Waals surface area contributed by atoms with Crippen LogP contribution in [-0.4, -0.2) is 22.0 Å². The Morgan fingerprint density at radius 3 is 2.50 bits per heavy atom. The highest BCUT2D eigenvalue weighted by molar-refractivity contribution is 5.86. The molecule has 104 valence electrons. The molecule has 5 heteroatoms. The lowest BCUT2D eigenvalue weighted by Crippen LogP contribution is -2.39. The van der Waals surface area contributed by atoms with Gasteiger partial charge in [0, 0.05) is 18.9 Å². The fraction of sp³-hybridized carbons (Fsp3) is 0.400. The standard InChI is InChI=1S/C15H16N2O3/c18-14(17-8-9-3-5-16-6-4-9)12-10-1-2-11(7-10)13(12)15(19)20/h1-6,10-13H,7-8H2,(H,17,18)(H,19,20)/t10-,11-,12-,13+/m0/s1. The maximum atomic E-state index is 12.3. The predicted octanol–water partition coefficient (Wildman–Crippen LogP) is 1.22. The summed E-state index contributed by atoms with van der Waals surface area (Å²) in [5.41, 5.74) is 0.957. The topological polar surface area (TPSA) is 79.3 Å². The molecular formula is C15H16N2O3. The van der Waals surface area contributed by atoms with Crippen molar-refractivity contribution in [2.45, 2.75) is 13.0 Å². The maximum absolute atomic E-state index is 12.3. The zero-order valence-electron chi connectivity index (χ0n) is 10.9. The highest BCUT2D eigenvalue weighted by atomic mass is 16.4. The Labute approximate surface area is 116 Å². The van der Waals surface area contributed by atoms with E-state index < -0.39 is 17.8 Å². The molecule has 3 rings (SSSR count). The molecule has 2 aliphatic carbocycles. The van der Waals surface area contributed by atoms with E-state index in [0.717, 1.165) is 12.0 Å². The molecule has 1 fully saturated rings. The van der Waals surface area contributed by atoms with Crippen molar-refractivity contribution in [2.75, 3.05) is 0 Å². The first-order valence-corrected chi connectivity index (χ1v) is 6.74. The molecular weight excluding hydrogens is 256 g/mol. The summed E-state index contributed by atoms with van der Waals surface area (Å²) >= 11 is 0. The van der Waals surface area contributed by atoms with Crippen molar-refractivity contribution in [1.82, 2.24) is 10.3 Å². The second-order valence-electron chi connectivity index (χ2n) is 5.41. The van der Waals surface area contributed by atoms with E-state index in [9.17, 15) is 14.7 Å². The van der Waals surface area contributed by atoms with Gasteiger partial charge in [-0.2, -0.15) is 0 Å². The van der Waals surface area contributed by atoms with Crippen molar-refractivity contribution >= 4 is 11.9 Å². The molecule has 0 radical (unpaired) electrons. The maximum Gasteiger partial charge on any atom is 0.307 e. The van der Waals surface area contributed by atoms with Crippen molar-refractivity contribution in [3.05, 3.63) is 42.2 Å². The average molecular weight is 272 g/mol. The Hall–Kier alpha value is -2.17. The third-order valence-electron chi connectivity index (χ3n) is 4.26. The van der Waals surface area contributed by atoms with Gasteiger partial charge in [-0.3, -0.25) is 14.6 Å². The molecule has 0 aromatic carbocycles. The number of carbonyl (C=O) groups excluding carboxylic acids is 1. The number of carboxylic acids is 1. The first kappa shape index (κ1) is 12.8. The van der Waals surface area contributed by atoms with Crippen molar-refractivity contribution in [1.29, 1.82) is 0 Å². The van der Waals surface area contributed by atoms with E-state index in [-0.39, 0.29) is 17.7 Å². The molecule has 0 spiro atoms. The summed E-state index contributed by atoms with van der Waals surface area (Å²) in [5.74, 6) is -1.98. The summed E-state index contributed by atoms with van der Waals surface area (Å²) < 4.78 is 0. The minimum absolute atomic E-state index is 0.00850. The van der Waals surface area contributed by atoms with Gasteiger partial charge in [0.1, 0.15) is 0 Å². The molecule has 0 unspecified atom stereocenters. The van der Waals surface area contributed by atoms with Crippen LogP contribution in [0.2, 0.25) is 0 Å². The SMILES string of the molecule is O=C(NCc1ccncc1)[C@@H]1[C@H](C(=O)O)[C@H]2C=C[C@H]1C2. The zero-order chi connectivity index (χ0) is 14.1. The van der Waals surface area contributed by atoms with Gasteiger partial charge in [-0.05, 0) is 36.0 Å². The number of fused-ring (bicyclic) bond motifs is 2. The second kappa shape index (κ2) is 5.07. The molecule has 0 saturated heterocycles. The summed E-state index contributed by atoms with van der Waals surface area (Å²) in [4.78, 5) is 27.6. The number of hydrogen-bond donors (Lipinski definition) is 2. The summed E-state index contributed by atoms with van der Waals surface area (Å²) in [5, 5.41) is 12.2. The number of nitrogens with one attached hydrogen (secondary N) is 1. The monoisotopic (exact) mass is 272 g/mol. The van der Waals surface area contributed by atoms with Crippen LogP contribution in [0.1, 0.15) is 12.0 Å². The predicted molar refractivity (Wildman–Crippen MR) is 71.4 cm³/mol. The highest BCUT2D eigenvalue weighted by Gasteiger charge is 2.51. The Morgan fingerprint density at radius 1 is 1.20 bits per heavy atom. The third-order valence-corrected chi connectivity index (χ3v) is 4.26. The van der Waals surface area contributed by atoms with Crippen LogP contribution < -0.4 is 5.32 Å². The lowest BCUT2D eigenvalue weighted by atomic mass is 9.82. The number of aromatic nitrogens is 1. The Kier molecular flexibility index (Phi) is 3.26. The van der Waals surface area contributed by atoms with Gasteiger partial charge in [-0.1, -0.05) is 12.2 Å². The normalized spacial score (nSPS) is 30.4. The smallest absolute Gasteiger partial charge is 0.307 e. The van der Waals surface area contributed by atoms with E-state index in [1.165, 1.54) is 0 Å². The average Bonchev–Trinajstić information content (AvgIpc) is 3.06. The largest absolute Gasteiger partial charge is 0.481 e. The van der Waals surface area contributed by atoms with Crippen molar-refractivity contribution in [3.8, 4) is 0 Å². The fourth-order valence-electron chi connectivity index (χ4n) is 3.32. The van der Waals surface area contributed by atoms with E-state index in [0.29, 0.717) is 6.54 Å². The van der Waals surface area contributed by atoms with Gasteiger partial charge in [-0.15, -0.1) is 0 Å². The number of pyridine rings is 1. The van der Waals surface area contributed by atoms with Crippen molar-refractivity contribution < 1.29 is 14.7 Å². The minimum Gasteiger partial charge on any atom is -0.481 e. The number of hydrogen-bond acceptors (Lipinski definition) is 3. The van der Waals surface area contributed by atoms with Crippen LogP contribution in [0.25, 0.3) is 0 Å². The van der Waals surface area contributed by atoms with Crippen LogP contribution in [0.5, 0.6) is 0 Å².